The van der Waals surface area contributed by atoms with Crippen LogP contribution in [0.1, 0.15) is 39.5 Å². The van der Waals surface area contributed by atoms with Gasteiger partial charge in [0.15, 0.2) is 0 Å². The van der Waals surface area contributed by atoms with Gasteiger partial charge in [0, 0.05) is 11.3 Å². The van der Waals surface area contributed by atoms with Gasteiger partial charge in [-0.05, 0) is 44.0 Å². The fourth-order valence-electron chi connectivity index (χ4n) is 1.92. The highest BCUT2D eigenvalue weighted by molar-refractivity contribution is 6.05. The van der Waals surface area contributed by atoms with Crippen molar-refractivity contribution in [3.63, 3.8) is 0 Å². The third-order valence-corrected chi connectivity index (χ3v) is 3.15. The lowest BCUT2D eigenvalue weighted by Gasteiger charge is -2.05. The molecule has 3 heteroatoms. The zero-order valence-electron chi connectivity index (χ0n) is 13.3. The maximum atomic E-state index is 13.1. The molecular formula is C19H24FNO. The molecular weight excluding hydrogens is 277 g/mol. The summed E-state index contributed by atoms with van der Waals surface area (Å²) >= 11 is 0. The van der Waals surface area contributed by atoms with Crippen molar-refractivity contribution in [1.82, 2.24) is 0 Å². The smallest absolute Gasteiger partial charge is 0.255 e. The lowest BCUT2D eigenvalue weighted by Crippen LogP contribution is -2.13. The second-order valence-electron chi connectivity index (χ2n) is 4.99. The molecule has 0 aliphatic rings. The normalized spacial score (nSPS) is 12.2. The first-order chi connectivity index (χ1) is 10.7. The van der Waals surface area contributed by atoms with Crippen LogP contribution in [0.2, 0.25) is 0 Å². The second kappa shape index (κ2) is 10.6. The number of anilines is 1. The summed E-state index contributed by atoms with van der Waals surface area (Å²) in [5, 5.41) is 2.68. The Morgan fingerprint density at radius 2 is 2.09 bits per heavy atom. The Hall–Kier alpha value is -2.16. The Morgan fingerprint density at radius 1 is 1.27 bits per heavy atom. The molecule has 0 fully saturated rings. The fourth-order valence-corrected chi connectivity index (χ4v) is 1.92. The van der Waals surface area contributed by atoms with E-state index in [2.05, 4.69) is 18.3 Å². The average molecular weight is 301 g/mol. The molecule has 0 spiro atoms. The van der Waals surface area contributed by atoms with Gasteiger partial charge in [0.1, 0.15) is 5.82 Å². The number of allylic oxidation sites excluding steroid dienone is 4. The maximum absolute atomic E-state index is 13.1. The molecule has 1 rings (SSSR count). The molecule has 0 unspecified atom stereocenters. The first kappa shape index (κ1) is 17.9. The molecule has 22 heavy (non-hydrogen) atoms. The van der Waals surface area contributed by atoms with E-state index in [1.54, 1.807) is 31.2 Å². The molecule has 0 heterocycles. The molecule has 2 nitrogen and oxygen atoms in total. The van der Waals surface area contributed by atoms with Gasteiger partial charge < -0.3 is 5.32 Å². The van der Waals surface area contributed by atoms with Crippen molar-refractivity contribution in [3.05, 3.63) is 66.0 Å². The number of amides is 1. The first-order valence-electron chi connectivity index (χ1n) is 7.73. The molecule has 0 atom stereocenters. The molecule has 0 aliphatic carbocycles. The number of halogens is 1. The molecule has 0 saturated heterocycles. The van der Waals surface area contributed by atoms with Crippen LogP contribution in [-0.2, 0) is 4.79 Å². The molecule has 1 amide bonds. The van der Waals surface area contributed by atoms with E-state index in [1.165, 1.54) is 31.4 Å². The Kier molecular flexibility index (Phi) is 8.58. The Labute approximate surface area is 132 Å². The standard InChI is InChI=1S/C19H24FNO/c1-3-5-6-7-8-9-10-12-16(4-2)19(22)21-18-14-11-13-17(20)15-18/h4,8-15H,3,5-7H2,1-2H3,(H,21,22). The van der Waals surface area contributed by atoms with E-state index in [1.807, 2.05) is 12.2 Å². The van der Waals surface area contributed by atoms with Gasteiger partial charge in [-0.2, -0.15) is 0 Å². The van der Waals surface area contributed by atoms with Crippen LogP contribution >= 0.6 is 0 Å². The molecule has 0 bridgehead atoms. The zero-order chi connectivity index (χ0) is 16.2. The number of carbonyl (C=O) groups is 1. The topological polar surface area (TPSA) is 29.1 Å². The first-order valence-corrected chi connectivity index (χ1v) is 7.73. The monoisotopic (exact) mass is 301 g/mol. The zero-order valence-corrected chi connectivity index (χ0v) is 13.3. The molecule has 0 radical (unpaired) electrons. The van der Waals surface area contributed by atoms with Crippen molar-refractivity contribution in [3.8, 4) is 0 Å². The van der Waals surface area contributed by atoms with E-state index in [9.17, 15) is 9.18 Å². The summed E-state index contributed by atoms with van der Waals surface area (Å²) in [7, 11) is 0. The lowest BCUT2D eigenvalue weighted by molar-refractivity contribution is -0.112. The van der Waals surface area contributed by atoms with Gasteiger partial charge >= 0.3 is 0 Å². The predicted molar refractivity (Wildman–Crippen MR) is 91.2 cm³/mol. The number of nitrogens with one attached hydrogen (secondary N) is 1. The van der Waals surface area contributed by atoms with Crippen molar-refractivity contribution >= 4 is 11.6 Å². The van der Waals surface area contributed by atoms with Crippen LogP contribution in [0, 0.1) is 5.82 Å². The SMILES string of the molecule is CC=C(C=CC=CCCCCC)C(=O)Nc1cccc(F)c1. The molecule has 1 aromatic rings. The van der Waals surface area contributed by atoms with Crippen LogP contribution in [0.15, 0.2) is 60.2 Å². The summed E-state index contributed by atoms with van der Waals surface area (Å²) < 4.78 is 13.1. The highest BCUT2D eigenvalue weighted by Gasteiger charge is 2.05. The quantitative estimate of drug-likeness (QED) is 0.388. The van der Waals surface area contributed by atoms with Gasteiger partial charge in [-0.1, -0.05) is 50.1 Å². The number of unbranched alkanes of at least 4 members (excludes halogenated alkanes) is 3. The van der Waals surface area contributed by atoms with Crippen LogP contribution in [0.25, 0.3) is 0 Å². The number of rotatable bonds is 8. The molecule has 0 saturated carbocycles. The van der Waals surface area contributed by atoms with Gasteiger partial charge in [-0.15, -0.1) is 0 Å². The second-order valence-corrected chi connectivity index (χ2v) is 4.99. The summed E-state index contributed by atoms with van der Waals surface area (Å²) in [6.07, 6.45) is 14.1. The largest absolute Gasteiger partial charge is 0.322 e. The Bertz CT molecular complexity index is 558. The summed E-state index contributed by atoms with van der Waals surface area (Å²) in [5.41, 5.74) is 0.996. The van der Waals surface area contributed by atoms with E-state index in [-0.39, 0.29) is 11.7 Å². The summed E-state index contributed by atoms with van der Waals surface area (Å²) in [6, 6.07) is 5.86. The van der Waals surface area contributed by atoms with Crippen molar-refractivity contribution in [2.24, 2.45) is 0 Å². The molecule has 0 aliphatic heterocycles. The molecule has 1 aromatic carbocycles. The Balaban J connectivity index is 2.51. The summed E-state index contributed by atoms with van der Waals surface area (Å²) in [4.78, 5) is 12.1. The van der Waals surface area contributed by atoms with Gasteiger partial charge in [-0.25, -0.2) is 4.39 Å². The van der Waals surface area contributed by atoms with Gasteiger partial charge in [0.25, 0.3) is 5.91 Å². The molecule has 0 aromatic heterocycles. The van der Waals surface area contributed by atoms with Crippen LogP contribution in [0.4, 0.5) is 10.1 Å². The number of benzene rings is 1. The van der Waals surface area contributed by atoms with E-state index < -0.39 is 0 Å². The molecule has 1 N–H and O–H groups in total. The van der Waals surface area contributed by atoms with E-state index >= 15 is 0 Å². The van der Waals surface area contributed by atoms with E-state index in [4.69, 9.17) is 0 Å². The van der Waals surface area contributed by atoms with Crippen molar-refractivity contribution in [2.45, 2.75) is 39.5 Å². The van der Waals surface area contributed by atoms with E-state index in [0.29, 0.717) is 11.3 Å². The van der Waals surface area contributed by atoms with Crippen LogP contribution in [0.5, 0.6) is 0 Å². The fraction of sp³-hybridized carbons (Fsp3) is 0.316. The highest BCUT2D eigenvalue weighted by Crippen LogP contribution is 2.11. The maximum Gasteiger partial charge on any atom is 0.255 e. The van der Waals surface area contributed by atoms with Gasteiger partial charge in [-0.3, -0.25) is 4.79 Å². The number of hydrogen-bond donors (Lipinski definition) is 1. The third kappa shape index (κ3) is 7.02. The van der Waals surface area contributed by atoms with Crippen molar-refractivity contribution in [1.29, 1.82) is 0 Å². The lowest BCUT2D eigenvalue weighted by atomic mass is 10.2. The van der Waals surface area contributed by atoms with Crippen molar-refractivity contribution in [2.75, 3.05) is 5.32 Å². The number of hydrogen-bond acceptors (Lipinski definition) is 1. The minimum atomic E-state index is -0.370. The minimum absolute atomic E-state index is 0.247. The summed E-state index contributed by atoms with van der Waals surface area (Å²) in [6.45, 7) is 3.98. The summed E-state index contributed by atoms with van der Waals surface area (Å²) in [5.74, 6) is -0.617. The van der Waals surface area contributed by atoms with Crippen LogP contribution < -0.4 is 5.32 Å². The molecule has 118 valence electrons. The Morgan fingerprint density at radius 3 is 2.77 bits per heavy atom. The minimum Gasteiger partial charge on any atom is -0.322 e. The highest BCUT2D eigenvalue weighted by atomic mass is 19.1. The van der Waals surface area contributed by atoms with Crippen LogP contribution in [-0.4, -0.2) is 5.91 Å². The van der Waals surface area contributed by atoms with Gasteiger partial charge in [0.2, 0.25) is 0 Å². The number of carbonyl (C=O) groups excluding carboxylic acids is 1. The van der Waals surface area contributed by atoms with Crippen LogP contribution in [0.3, 0.4) is 0 Å². The van der Waals surface area contributed by atoms with E-state index in [0.717, 1.165) is 6.42 Å². The third-order valence-electron chi connectivity index (χ3n) is 3.15. The average Bonchev–Trinajstić information content (AvgIpc) is 2.50. The van der Waals surface area contributed by atoms with Gasteiger partial charge in [0.05, 0.1) is 0 Å². The van der Waals surface area contributed by atoms with Crippen molar-refractivity contribution < 1.29 is 9.18 Å². The predicted octanol–water partition coefficient (Wildman–Crippen LogP) is 5.40.